The van der Waals surface area contributed by atoms with Crippen LogP contribution in [0, 0.1) is 0 Å². The molecule has 1 amide bonds. The average Bonchev–Trinajstić information content (AvgIpc) is 2.68. The number of rotatable bonds is 8. The van der Waals surface area contributed by atoms with Gasteiger partial charge in [0.05, 0.1) is 10.5 Å². The van der Waals surface area contributed by atoms with Crippen molar-refractivity contribution >= 4 is 27.6 Å². The van der Waals surface area contributed by atoms with Gasteiger partial charge >= 0.3 is 5.97 Å². The van der Waals surface area contributed by atoms with Gasteiger partial charge in [-0.3, -0.25) is 4.79 Å². The zero-order valence-electron chi connectivity index (χ0n) is 15.6. The molecule has 0 saturated heterocycles. The first-order valence-electron chi connectivity index (χ1n) is 8.64. The Hall–Kier alpha value is -2.91. The van der Waals surface area contributed by atoms with Crippen molar-refractivity contribution in [3.63, 3.8) is 0 Å². The number of nitrogens with zero attached hydrogens (tertiary/aromatic N) is 1. The number of benzene rings is 2. The molecule has 150 valence electrons. The molecule has 28 heavy (non-hydrogen) atoms. The Labute approximate surface area is 163 Å². The number of amides is 1. The fraction of sp³-hybridized carbons (Fsp3) is 0.263. The number of carbonyl (C=O) groups excluding carboxylic acids is 2. The molecule has 9 heteroatoms. The van der Waals surface area contributed by atoms with Gasteiger partial charge < -0.3 is 15.2 Å². The van der Waals surface area contributed by atoms with Crippen molar-refractivity contribution in [2.45, 2.75) is 18.7 Å². The van der Waals surface area contributed by atoms with Crippen molar-refractivity contribution in [1.82, 2.24) is 4.31 Å². The van der Waals surface area contributed by atoms with Gasteiger partial charge in [-0.15, -0.1) is 0 Å². The van der Waals surface area contributed by atoms with Crippen LogP contribution in [0.1, 0.15) is 24.2 Å². The maximum atomic E-state index is 12.4. The van der Waals surface area contributed by atoms with Crippen molar-refractivity contribution in [2.24, 2.45) is 0 Å². The van der Waals surface area contributed by atoms with E-state index in [-0.39, 0.29) is 16.2 Å². The van der Waals surface area contributed by atoms with Gasteiger partial charge in [0.25, 0.3) is 5.91 Å². The van der Waals surface area contributed by atoms with Crippen molar-refractivity contribution in [1.29, 1.82) is 0 Å². The highest BCUT2D eigenvalue weighted by Gasteiger charge is 2.21. The number of ether oxygens (including phenoxy) is 1. The molecule has 0 aliphatic rings. The number of anilines is 1. The van der Waals surface area contributed by atoms with E-state index in [4.69, 9.17) is 4.74 Å². The highest BCUT2D eigenvalue weighted by Crippen LogP contribution is 2.18. The molecule has 0 aliphatic heterocycles. The van der Waals surface area contributed by atoms with Gasteiger partial charge in [-0.2, -0.15) is 4.31 Å². The summed E-state index contributed by atoms with van der Waals surface area (Å²) < 4.78 is 31.1. The van der Waals surface area contributed by atoms with Crippen LogP contribution >= 0.6 is 0 Å². The van der Waals surface area contributed by atoms with E-state index in [0.717, 1.165) is 0 Å². The number of hydrogen-bond acceptors (Lipinski definition) is 6. The Morgan fingerprint density at radius 3 is 2.11 bits per heavy atom. The molecule has 0 aromatic heterocycles. The van der Waals surface area contributed by atoms with Gasteiger partial charge in [-0.25, -0.2) is 13.2 Å². The van der Waals surface area contributed by atoms with Gasteiger partial charge in [-0.1, -0.05) is 13.8 Å². The summed E-state index contributed by atoms with van der Waals surface area (Å²) in [6.45, 7) is 3.75. The molecule has 0 radical (unpaired) electrons. The lowest BCUT2D eigenvalue weighted by Crippen LogP contribution is -2.30. The molecule has 2 N–H and O–H groups in total. The third-order valence-electron chi connectivity index (χ3n) is 3.92. The average molecular weight is 406 g/mol. The van der Waals surface area contributed by atoms with Crippen LogP contribution in [0.4, 0.5) is 5.69 Å². The maximum Gasteiger partial charge on any atom is 0.338 e. The Kier molecular flexibility index (Phi) is 7.13. The number of phenolic OH excluding ortho intramolecular Hbond substituents is 1. The number of esters is 1. The second kappa shape index (κ2) is 9.34. The Morgan fingerprint density at radius 1 is 1.00 bits per heavy atom. The van der Waals surface area contributed by atoms with E-state index in [0.29, 0.717) is 18.8 Å². The van der Waals surface area contributed by atoms with Crippen molar-refractivity contribution < 1.29 is 27.9 Å². The fourth-order valence-corrected chi connectivity index (χ4v) is 3.89. The van der Waals surface area contributed by atoms with Crippen LogP contribution in [0.15, 0.2) is 53.4 Å². The second-order valence-electron chi connectivity index (χ2n) is 5.78. The molecular formula is C19H22N2O6S. The van der Waals surface area contributed by atoms with Crippen LogP contribution in [0.25, 0.3) is 0 Å². The Morgan fingerprint density at radius 2 is 1.57 bits per heavy atom. The summed E-state index contributed by atoms with van der Waals surface area (Å²) in [4.78, 5) is 23.9. The van der Waals surface area contributed by atoms with Crippen molar-refractivity contribution in [2.75, 3.05) is 25.0 Å². The predicted molar refractivity (Wildman–Crippen MR) is 104 cm³/mol. The topological polar surface area (TPSA) is 113 Å². The number of nitrogens with one attached hydrogen (secondary N) is 1. The monoisotopic (exact) mass is 406 g/mol. The number of sulfonamides is 1. The molecular weight excluding hydrogens is 384 g/mol. The lowest BCUT2D eigenvalue weighted by atomic mass is 10.2. The SMILES string of the molecule is CCN(CC)S(=O)(=O)c1ccc(NC(=O)COC(=O)c2ccc(O)cc2)cc1. The van der Waals surface area contributed by atoms with Crippen molar-refractivity contribution in [3.05, 3.63) is 54.1 Å². The zero-order chi connectivity index (χ0) is 20.7. The zero-order valence-corrected chi connectivity index (χ0v) is 16.4. The molecule has 0 bridgehead atoms. The lowest BCUT2D eigenvalue weighted by Gasteiger charge is -2.18. The summed E-state index contributed by atoms with van der Waals surface area (Å²) in [5, 5.41) is 11.7. The second-order valence-corrected chi connectivity index (χ2v) is 7.72. The first-order valence-corrected chi connectivity index (χ1v) is 10.1. The molecule has 0 fully saturated rings. The minimum absolute atomic E-state index is 0.0146. The number of carbonyl (C=O) groups is 2. The third-order valence-corrected chi connectivity index (χ3v) is 5.98. The van der Waals surface area contributed by atoms with Gasteiger partial charge in [0, 0.05) is 18.8 Å². The van der Waals surface area contributed by atoms with E-state index in [2.05, 4.69) is 5.32 Å². The molecule has 0 aliphatic carbocycles. The van der Waals surface area contributed by atoms with Crippen LogP contribution in [-0.2, 0) is 19.6 Å². The maximum absolute atomic E-state index is 12.4. The number of aromatic hydroxyl groups is 1. The molecule has 0 spiro atoms. The summed E-state index contributed by atoms with van der Waals surface area (Å²) >= 11 is 0. The molecule has 8 nitrogen and oxygen atoms in total. The number of phenols is 1. The number of hydrogen-bond donors (Lipinski definition) is 2. The van der Waals surface area contributed by atoms with Crippen LogP contribution in [0.2, 0.25) is 0 Å². The van der Waals surface area contributed by atoms with Crippen LogP contribution < -0.4 is 5.32 Å². The first kappa shape index (κ1) is 21.4. The van der Waals surface area contributed by atoms with Crippen molar-refractivity contribution in [3.8, 4) is 5.75 Å². The van der Waals surface area contributed by atoms with Crippen LogP contribution in [0.3, 0.4) is 0 Å². The van der Waals surface area contributed by atoms with E-state index in [9.17, 15) is 23.1 Å². The largest absolute Gasteiger partial charge is 0.508 e. The predicted octanol–water partition coefficient (Wildman–Crippen LogP) is 2.22. The van der Waals surface area contributed by atoms with E-state index in [1.54, 1.807) is 13.8 Å². The Bertz CT molecular complexity index is 920. The molecule has 0 atom stereocenters. The van der Waals surface area contributed by atoms with E-state index < -0.39 is 28.5 Å². The third kappa shape index (κ3) is 5.30. The van der Waals surface area contributed by atoms with E-state index >= 15 is 0 Å². The quantitative estimate of drug-likeness (QED) is 0.650. The molecule has 2 aromatic rings. The minimum Gasteiger partial charge on any atom is -0.508 e. The molecule has 0 heterocycles. The molecule has 0 saturated carbocycles. The van der Waals surface area contributed by atoms with Crippen LogP contribution in [-0.4, -0.2) is 49.4 Å². The van der Waals surface area contributed by atoms with E-state index in [1.165, 1.54) is 52.8 Å². The minimum atomic E-state index is -3.57. The Balaban J connectivity index is 1.94. The van der Waals surface area contributed by atoms with Gasteiger partial charge in [0.15, 0.2) is 6.61 Å². The summed E-state index contributed by atoms with van der Waals surface area (Å²) in [6, 6.07) is 11.2. The lowest BCUT2D eigenvalue weighted by molar-refractivity contribution is -0.119. The highest BCUT2D eigenvalue weighted by atomic mass is 32.2. The smallest absolute Gasteiger partial charge is 0.338 e. The van der Waals surface area contributed by atoms with Gasteiger partial charge in [0.2, 0.25) is 10.0 Å². The summed E-state index contributed by atoms with van der Waals surface area (Å²) in [5.41, 5.74) is 0.584. The summed E-state index contributed by atoms with van der Waals surface area (Å²) in [5.74, 6) is -1.25. The normalized spacial score (nSPS) is 11.2. The standard InChI is InChI=1S/C19H22N2O6S/c1-3-21(4-2)28(25,26)17-11-7-15(8-12-17)20-18(23)13-27-19(24)14-5-9-16(22)10-6-14/h5-12,22H,3-4,13H2,1-2H3,(H,20,23). The van der Waals surface area contributed by atoms with E-state index in [1.807, 2.05) is 0 Å². The molecule has 0 unspecified atom stereocenters. The molecule has 2 rings (SSSR count). The summed E-state index contributed by atoms with van der Waals surface area (Å²) in [7, 11) is -3.57. The van der Waals surface area contributed by atoms with Crippen LogP contribution in [0.5, 0.6) is 5.75 Å². The van der Waals surface area contributed by atoms with Gasteiger partial charge in [-0.05, 0) is 48.5 Å². The highest BCUT2D eigenvalue weighted by molar-refractivity contribution is 7.89. The fourth-order valence-electron chi connectivity index (χ4n) is 2.43. The van der Waals surface area contributed by atoms with Gasteiger partial charge in [0.1, 0.15) is 5.75 Å². The molecule has 2 aromatic carbocycles. The first-order chi connectivity index (χ1) is 13.3. The summed E-state index contributed by atoms with van der Waals surface area (Å²) in [6.07, 6.45) is 0.